The first-order valence-corrected chi connectivity index (χ1v) is 15.9. The van der Waals surface area contributed by atoms with Crippen LogP contribution in [0.4, 0.5) is 5.13 Å². The van der Waals surface area contributed by atoms with E-state index in [-0.39, 0.29) is 38.7 Å². The molecule has 216 valence electrons. The molecule has 2 saturated heterocycles. The molecule has 2 aromatic heterocycles. The van der Waals surface area contributed by atoms with Crippen molar-refractivity contribution in [2.24, 2.45) is 12.5 Å². The molecular formula is C22H21ClN8O6S4. The number of nitrogens with zero attached hydrogens (tertiary/aromatic N) is 6. The van der Waals surface area contributed by atoms with Gasteiger partial charge in [0.25, 0.3) is 0 Å². The number of β-lactam (4-membered cyclic amide) rings is 1. The summed E-state index contributed by atoms with van der Waals surface area (Å²) in [7, 11) is 1.65. The highest BCUT2D eigenvalue weighted by molar-refractivity contribution is 8.01. The third-order valence-corrected chi connectivity index (χ3v) is 11.5. The number of hydrogen-bond donors (Lipinski definition) is 4. The van der Waals surface area contributed by atoms with Crippen LogP contribution in [0, 0.1) is 5.41 Å². The van der Waals surface area contributed by atoms with Crippen LogP contribution in [0.1, 0.15) is 21.3 Å². The first-order chi connectivity index (χ1) is 19.5. The number of fused-ring (bicyclic) bond motifs is 1. The molecule has 2 aliphatic rings. The van der Waals surface area contributed by atoms with E-state index in [9.17, 15) is 29.4 Å². The zero-order valence-corrected chi connectivity index (χ0v) is 25.0. The summed E-state index contributed by atoms with van der Waals surface area (Å²) in [4.78, 5) is 56.8. The lowest BCUT2D eigenvalue weighted by Gasteiger charge is -2.53. The minimum Gasteiger partial charge on any atom is -0.481 e. The number of nitrogen functional groups attached to an aromatic ring is 1. The van der Waals surface area contributed by atoms with Gasteiger partial charge in [-0.1, -0.05) is 23.4 Å². The second-order valence-electron chi connectivity index (χ2n) is 9.17. The van der Waals surface area contributed by atoms with Crippen molar-refractivity contribution in [2.45, 2.75) is 26.7 Å². The quantitative estimate of drug-likeness (QED) is 0.181. The largest absolute Gasteiger partial charge is 0.481 e. The molecule has 5 rings (SSSR count). The van der Waals surface area contributed by atoms with Gasteiger partial charge < -0.3 is 26.2 Å². The van der Waals surface area contributed by atoms with Crippen LogP contribution in [0.3, 0.4) is 0 Å². The molecule has 0 spiro atoms. The van der Waals surface area contributed by atoms with Crippen LogP contribution in [0.5, 0.6) is 0 Å². The Bertz CT molecular complexity index is 1540. The summed E-state index contributed by atoms with van der Waals surface area (Å²) >= 11 is 10.5. The number of aryl methyl sites for hydroxylation is 1. The number of tetrazole rings is 1. The number of anilines is 1. The van der Waals surface area contributed by atoms with Crippen LogP contribution in [0.15, 0.2) is 33.6 Å². The number of benzene rings is 1. The number of nitrogens with one attached hydrogen (secondary N) is 1. The first kappa shape index (κ1) is 29.4. The molecule has 0 radical (unpaired) electrons. The van der Waals surface area contributed by atoms with E-state index in [1.54, 1.807) is 12.4 Å². The van der Waals surface area contributed by atoms with Gasteiger partial charge in [0.15, 0.2) is 5.13 Å². The van der Waals surface area contributed by atoms with Crippen molar-refractivity contribution >= 4 is 87.1 Å². The van der Waals surface area contributed by atoms with Crippen molar-refractivity contribution in [3.63, 3.8) is 0 Å². The van der Waals surface area contributed by atoms with Gasteiger partial charge >= 0.3 is 11.9 Å². The van der Waals surface area contributed by atoms with Crippen molar-refractivity contribution in [3.05, 3.63) is 39.9 Å². The molecule has 4 atom stereocenters. The van der Waals surface area contributed by atoms with Crippen molar-refractivity contribution in [3.8, 4) is 0 Å². The molecule has 3 unspecified atom stereocenters. The van der Waals surface area contributed by atoms with Crippen molar-refractivity contribution in [2.75, 3.05) is 23.8 Å². The van der Waals surface area contributed by atoms with Gasteiger partial charge in [-0.15, -0.1) is 40.0 Å². The number of carboxylic acid groups (broad SMARTS) is 2. The van der Waals surface area contributed by atoms with Crippen LogP contribution >= 0.6 is 58.2 Å². The highest BCUT2D eigenvalue weighted by Gasteiger charge is 2.57. The summed E-state index contributed by atoms with van der Waals surface area (Å²) in [6.07, 6.45) is 0. The smallest absolute Gasteiger partial charge is 0.336 e. The number of aromatic nitrogens is 5. The van der Waals surface area contributed by atoms with E-state index in [0.29, 0.717) is 10.9 Å². The zero-order chi connectivity index (χ0) is 29.5. The number of thioether (sulfide) groups is 3. The Kier molecular flexibility index (Phi) is 8.38. The number of amides is 2. The molecule has 3 aromatic rings. The van der Waals surface area contributed by atoms with Crippen LogP contribution in [-0.4, -0.2) is 93.5 Å². The number of rotatable bonds is 10. The van der Waals surface area contributed by atoms with Crippen LogP contribution in [0.2, 0.25) is 5.02 Å². The summed E-state index contributed by atoms with van der Waals surface area (Å²) in [6, 6.07) is 3.41. The number of carbonyl (C=O) groups is 4. The Morgan fingerprint density at radius 1 is 1.34 bits per heavy atom. The zero-order valence-electron chi connectivity index (χ0n) is 21.0. The van der Waals surface area contributed by atoms with E-state index in [4.69, 9.17) is 17.3 Å². The molecule has 0 bridgehead atoms. The number of hydrogen-bond acceptors (Lipinski definition) is 13. The maximum atomic E-state index is 13.5. The van der Waals surface area contributed by atoms with E-state index in [1.807, 2.05) is 0 Å². The summed E-state index contributed by atoms with van der Waals surface area (Å²) in [5.41, 5.74) is 4.78. The van der Waals surface area contributed by atoms with Gasteiger partial charge in [-0.25, -0.2) is 14.5 Å². The van der Waals surface area contributed by atoms with E-state index in [0.717, 1.165) is 23.1 Å². The molecule has 14 nitrogen and oxygen atoms in total. The summed E-state index contributed by atoms with van der Waals surface area (Å²) in [5, 5.41) is 34.7. The molecule has 2 amide bonds. The van der Waals surface area contributed by atoms with Gasteiger partial charge in [-0.3, -0.25) is 14.4 Å². The lowest BCUT2D eigenvalue weighted by Crippen LogP contribution is -2.74. The molecule has 2 fully saturated rings. The number of thiazole rings is 1. The fourth-order valence-corrected chi connectivity index (χ4v) is 8.90. The third-order valence-electron chi connectivity index (χ3n) is 6.42. The van der Waals surface area contributed by atoms with Crippen LogP contribution in [0.25, 0.3) is 0 Å². The first-order valence-electron chi connectivity index (χ1n) is 11.7. The fraction of sp³-hybridized carbons (Fsp3) is 0.364. The molecule has 5 N–H and O–H groups in total. The van der Waals surface area contributed by atoms with E-state index in [2.05, 4.69) is 25.8 Å². The number of halogens is 1. The van der Waals surface area contributed by atoms with Crippen molar-refractivity contribution in [1.82, 2.24) is 35.4 Å². The Balaban J connectivity index is 1.31. The molecule has 41 heavy (non-hydrogen) atoms. The number of aromatic carboxylic acids is 1. The van der Waals surface area contributed by atoms with E-state index in [1.165, 1.54) is 51.3 Å². The molecular weight excluding hydrogens is 636 g/mol. The molecule has 2 aliphatic heterocycles. The van der Waals surface area contributed by atoms with Gasteiger partial charge in [-0.2, -0.15) is 0 Å². The second kappa shape index (κ2) is 11.7. The van der Waals surface area contributed by atoms with Crippen molar-refractivity contribution < 1.29 is 29.4 Å². The maximum Gasteiger partial charge on any atom is 0.336 e. The van der Waals surface area contributed by atoms with Gasteiger partial charge in [0, 0.05) is 40.4 Å². The van der Waals surface area contributed by atoms with E-state index >= 15 is 0 Å². The van der Waals surface area contributed by atoms with Crippen LogP contribution in [-0.2, 0) is 21.4 Å². The van der Waals surface area contributed by atoms with Crippen LogP contribution < -0.4 is 11.1 Å². The van der Waals surface area contributed by atoms with Gasteiger partial charge in [0.05, 0.1) is 11.3 Å². The summed E-state index contributed by atoms with van der Waals surface area (Å²) in [6.45, 7) is -0.0307. The lowest BCUT2D eigenvalue weighted by atomic mass is 9.89. The Morgan fingerprint density at radius 2 is 2.12 bits per heavy atom. The Morgan fingerprint density at radius 3 is 2.76 bits per heavy atom. The highest BCUT2D eigenvalue weighted by atomic mass is 35.5. The highest BCUT2D eigenvalue weighted by Crippen LogP contribution is 2.45. The number of carbonyl (C=O) groups excluding carboxylic acids is 2. The summed E-state index contributed by atoms with van der Waals surface area (Å²) < 4.78 is 1.44. The molecule has 4 heterocycles. The maximum absolute atomic E-state index is 13.5. The summed E-state index contributed by atoms with van der Waals surface area (Å²) in [5.74, 6) is -2.88. The van der Waals surface area contributed by atoms with Gasteiger partial charge in [-0.05, 0) is 28.6 Å². The molecule has 0 saturated carbocycles. The van der Waals surface area contributed by atoms with Gasteiger partial charge in [0.2, 0.25) is 17.0 Å². The average Bonchev–Trinajstić information content (AvgIpc) is 3.56. The van der Waals surface area contributed by atoms with Crippen molar-refractivity contribution in [1.29, 1.82) is 0 Å². The molecule has 0 aliphatic carbocycles. The normalized spacial score (nSPS) is 22.5. The Labute approximate surface area is 253 Å². The fourth-order valence-electron chi connectivity index (χ4n) is 4.25. The third kappa shape index (κ3) is 5.83. The Hall–Kier alpha value is -3.06. The van der Waals surface area contributed by atoms with E-state index < -0.39 is 45.8 Å². The number of carboxylic acids is 2. The van der Waals surface area contributed by atoms with Gasteiger partial charge in [0.1, 0.15) is 22.1 Å². The number of nitrogens with two attached hydrogens (primary N) is 1. The monoisotopic (exact) mass is 656 g/mol. The lowest BCUT2D eigenvalue weighted by molar-refractivity contribution is -0.157. The topological polar surface area (TPSA) is 207 Å². The minimum absolute atomic E-state index is 0.0307. The molecule has 1 aromatic carbocycles. The SMILES string of the molecule is Cn1nnnc1SCC1(C(=O)O)CS[C@@H]2C(NC(=O)C(Sc3ccc(Cl)cc3C(=O)O)c3csc(N)n3)C(=O)N2C1. The predicted octanol–water partition coefficient (Wildman–Crippen LogP) is 1.70. The second-order valence-corrected chi connectivity index (χ2v) is 13.7. The minimum atomic E-state index is -1.24. The predicted molar refractivity (Wildman–Crippen MR) is 153 cm³/mol. The number of aliphatic carboxylic acids is 1. The average molecular weight is 657 g/mol. The standard InChI is InChI=1S/C22H21ClN8O6S4/c1-30-21(27-28-29-30)40-8-22(19(36)37)6-31-16(33)13(17(31)39-7-22)26-15(32)14(11-5-38-20(24)25-11)41-12-3-2-9(23)4-10(12)18(34)35/h2-5,13-14,17H,6-8H2,1H3,(H2,24,25)(H,26,32)(H,34,35)(H,36,37)/t13?,14?,17-,22?/m1/s1. The molecule has 19 heteroatoms.